The number of hydrogen-bond donors (Lipinski definition) is 0. The Hall–Kier alpha value is -1.04. The van der Waals surface area contributed by atoms with E-state index in [0.717, 1.165) is 17.8 Å². The summed E-state index contributed by atoms with van der Waals surface area (Å²) in [6, 6.07) is 9.06. The molecule has 15 heavy (non-hydrogen) atoms. The summed E-state index contributed by atoms with van der Waals surface area (Å²) in [4.78, 5) is 0. The fourth-order valence-corrected chi connectivity index (χ4v) is 2.21. The molecule has 2 atom stereocenters. The van der Waals surface area contributed by atoms with E-state index in [1.165, 1.54) is 30.4 Å². The van der Waals surface area contributed by atoms with Crippen molar-refractivity contribution in [2.45, 2.75) is 32.1 Å². The number of allylic oxidation sites excluding steroid dienone is 2. The molecule has 0 heterocycles. The van der Waals surface area contributed by atoms with Gasteiger partial charge < -0.3 is 0 Å². The average molecular weight is 198 g/mol. The van der Waals surface area contributed by atoms with Crippen molar-refractivity contribution in [1.29, 1.82) is 0 Å². The van der Waals surface area contributed by atoms with E-state index in [0.29, 0.717) is 0 Å². The molecular weight excluding hydrogens is 180 g/mol. The Morgan fingerprint density at radius 3 is 2.47 bits per heavy atom. The lowest BCUT2D eigenvalue weighted by atomic mass is 10.1. The molecule has 0 bridgehead atoms. The van der Waals surface area contributed by atoms with Gasteiger partial charge in [0.05, 0.1) is 0 Å². The molecule has 78 valence electrons. The highest BCUT2D eigenvalue weighted by Gasteiger charge is 2.36. The molecule has 0 aliphatic heterocycles. The van der Waals surface area contributed by atoms with Crippen LogP contribution < -0.4 is 0 Å². The fraction of sp³-hybridized carbons (Fsp3) is 0.467. The third kappa shape index (κ3) is 2.14. The van der Waals surface area contributed by atoms with Crippen molar-refractivity contribution >= 4 is 0 Å². The highest BCUT2D eigenvalue weighted by molar-refractivity contribution is 5.31. The lowest BCUT2D eigenvalue weighted by molar-refractivity contribution is 0.986. The molecule has 3 rings (SSSR count). The second kappa shape index (κ2) is 3.52. The quantitative estimate of drug-likeness (QED) is 0.642. The van der Waals surface area contributed by atoms with Gasteiger partial charge in [0.15, 0.2) is 0 Å². The number of rotatable bonds is 3. The van der Waals surface area contributed by atoms with E-state index in [2.05, 4.69) is 43.3 Å². The van der Waals surface area contributed by atoms with Crippen molar-refractivity contribution in [3.05, 3.63) is 47.5 Å². The van der Waals surface area contributed by atoms with Crippen LogP contribution >= 0.6 is 0 Å². The van der Waals surface area contributed by atoms with Gasteiger partial charge in [0.25, 0.3) is 0 Å². The Morgan fingerprint density at radius 2 is 1.80 bits per heavy atom. The van der Waals surface area contributed by atoms with Crippen molar-refractivity contribution in [3.63, 3.8) is 0 Å². The van der Waals surface area contributed by atoms with Gasteiger partial charge in [0, 0.05) is 0 Å². The summed E-state index contributed by atoms with van der Waals surface area (Å²) in [5, 5.41) is 0. The second-order valence-electron chi connectivity index (χ2n) is 5.14. The van der Waals surface area contributed by atoms with E-state index < -0.39 is 0 Å². The normalized spacial score (nSPS) is 29.7. The van der Waals surface area contributed by atoms with E-state index in [9.17, 15) is 0 Å². The summed E-state index contributed by atoms with van der Waals surface area (Å²) in [7, 11) is 0. The molecule has 2 fully saturated rings. The molecule has 0 nitrogen and oxygen atoms in total. The summed E-state index contributed by atoms with van der Waals surface area (Å²) < 4.78 is 0. The van der Waals surface area contributed by atoms with E-state index in [1.807, 2.05) is 0 Å². The minimum Gasteiger partial charge on any atom is -0.0851 e. The van der Waals surface area contributed by atoms with Gasteiger partial charge in [-0.05, 0) is 49.5 Å². The van der Waals surface area contributed by atoms with Gasteiger partial charge in [-0.3, -0.25) is 0 Å². The zero-order chi connectivity index (χ0) is 10.3. The summed E-state index contributed by atoms with van der Waals surface area (Å²) >= 11 is 0. The fourth-order valence-electron chi connectivity index (χ4n) is 2.21. The maximum atomic E-state index is 2.46. The minimum absolute atomic E-state index is 0.820. The molecule has 0 spiro atoms. The van der Waals surface area contributed by atoms with Gasteiger partial charge in [-0.2, -0.15) is 0 Å². The van der Waals surface area contributed by atoms with E-state index in [4.69, 9.17) is 0 Å². The van der Waals surface area contributed by atoms with Crippen LogP contribution in [0.5, 0.6) is 0 Å². The van der Waals surface area contributed by atoms with Gasteiger partial charge in [-0.1, -0.05) is 42.0 Å². The second-order valence-corrected chi connectivity index (χ2v) is 5.14. The zero-order valence-electron chi connectivity index (χ0n) is 9.32. The largest absolute Gasteiger partial charge is 0.0851 e. The highest BCUT2D eigenvalue weighted by Crippen LogP contribution is 2.49. The first-order valence-corrected chi connectivity index (χ1v) is 6.08. The summed E-state index contributed by atoms with van der Waals surface area (Å²) in [5.41, 5.74) is 2.90. The Labute approximate surface area is 92.0 Å². The first-order valence-electron chi connectivity index (χ1n) is 6.08. The van der Waals surface area contributed by atoms with E-state index in [1.54, 1.807) is 0 Å². The first kappa shape index (κ1) is 9.21. The number of benzene rings is 1. The molecule has 1 aromatic rings. The maximum absolute atomic E-state index is 2.46. The molecule has 0 unspecified atom stereocenters. The average Bonchev–Trinajstić information content (AvgIpc) is 3.12. The van der Waals surface area contributed by atoms with Gasteiger partial charge in [0.1, 0.15) is 0 Å². The van der Waals surface area contributed by atoms with Gasteiger partial charge in [0.2, 0.25) is 0 Å². The minimum atomic E-state index is 0.820. The first-order chi connectivity index (χ1) is 7.33. The van der Waals surface area contributed by atoms with Crippen molar-refractivity contribution < 1.29 is 0 Å². The van der Waals surface area contributed by atoms with E-state index in [-0.39, 0.29) is 0 Å². The number of aryl methyl sites for hydroxylation is 1. The monoisotopic (exact) mass is 198 g/mol. The topological polar surface area (TPSA) is 0 Å². The molecule has 0 saturated heterocycles. The van der Waals surface area contributed by atoms with Crippen LogP contribution in [-0.2, 0) is 0 Å². The summed E-state index contributed by atoms with van der Waals surface area (Å²) in [5.74, 6) is 2.60. The van der Waals surface area contributed by atoms with Crippen LogP contribution in [0.4, 0.5) is 0 Å². The van der Waals surface area contributed by atoms with Crippen LogP contribution in [-0.4, -0.2) is 0 Å². The SMILES string of the molecule is Cc1ccc([C@@H]2C[C@@H]2/C=C/C2CC2)cc1. The summed E-state index contributed by atoms with van der Waals surface area (Å²) in [6.45, 7) is 2.15. The van der Waals surface area contributed by atoms with Crippen LogP contribution in [0, 0.1) is 18.8 Å². The maximum Gasteiger partial charge on any atom is -0.00930 e. The zero-order valence-corrected chi connectivity index (χ0v) is 9.32. The molecule has 2 saturated carbocycles. The lowest BCUT2D eigenvalue weighted by Crippen LogP contribution is -1.81. The van der Waals surface area contributed by atoms with Gasteiger partial charge >= 0.3 is 0 Å². The van der Waals surface area contributed by atoms with Crippen LogP contribution in [0.2, 0.25) is 0 Å². The Balaban J connectivity index is 1.63. The Morgan fingerprint density at radius 1 is 1.07 bits per heavy atom. The van der Waals surface area contributed by atoms with Gasteiger partial charge in [-0.15, -0.1) is 0 Å². The lowest BCUT2D eigenvalue weighted by Gasteiger charge is -1.98. The third-order valence-corrected chi connectivity index (χ3v) is 3.60. The Bertz CT molecular complexity index is 368. The number of hydrogen-bond acceptors (Lipinski definition) is 0. The van der Waals surface area contributed by atoms with Crippen LogP contribution in [0.1, 0.15) is 36.3 Å². The van der Waals surface area contributed by atoms with Crippen LogP contribution in [0.15, 0.2) is 36.4 Å². The molecule has 2 aliphatic carbocycles. The molecule has 0 N–H and O–H groups in total. The molecule has 0 aromatic heterocycles. The molecule has 0 heteroatoms. The standard InChI is InChI=1S/C15H18/c1-11-2-7-13(8-3-11)15-10-14(15)9-6-12-4-5-12/h2-3,6-9,12,14-15H,4-5,10H2,1H3/b9-6+/t14-,15-/m0/s1. The predicted molar refractivity (Wildman–Crippen MR) is 63.9 cm³/mol. The molecule has 2 aliphatic rings. The van der Waals surface area contributed by atoms with Gasteiger partial charge in [-0.25, -0.2) is 0 Å². The molecule has 0 radical (unpaired) electrons. The summed E-state index contributed by atoms with van der Waals surface area (Å²) in [6.07, 6.45) is 9.13. The molecule has 1 aromatic carbocycles. The van der Waals surface area contributed by atoms with E-state index >= 15 is 0 Å². The van der Waals surface area contributed by atoms with Crippen molar-refractivity contribution in [2.24, 2.45) is 11.8 Å². The van der Waals surface area contributed by atoms with Crippen LogP contribution in [0.25, 0.3) is 0 Å². The Kier molecular flexibility index (Phi) is 2.16. The molecular formula is C15H18. The highest BCUT2D eigenvalue weighted by atomic mass is 14.4. The molecule has 0 amide bonds. The van der Waals surface area contributed by atoms with Crippen molar-refractivity contribution in [1.82, 2.24) is 0 Å². The van der Waals surface area contributed by atoms with Crippen molar-refractivity contribution in [2.75, 3.05) is 0 Å². The van der Waals surface area contributed by atoms with Crippen molar-refractivity contribution in [3.8, 4) is 0 Å². The predicted octanol–water partition coefficient (Wildman–Crippen LogP) is 4.06. The van der Waals surface area contributed by atoms with Crippen LogP contribution in [0.3, 0.4) is 0 Å². The third-order valence-electron chi connectivity index (χ3n) is 3.60. The smallest absolute Gasteiger partial charge is 0.00930 e.